The summed E-state index contributed by atoms with van der Waals surface area (Å²) in [5, 5.41) is 6.63. The van der Waals surface area contributed by atoms with Crippen molar-refractivity contribution in [3.05, 3.63) is 40.9 Å². The molecule has 0 radical (unpaired) electrons. The first-order chi connectivity index (χ1) is 16.0. The second-order valence-electron chi connectivity index (χ2n) is 9.08. The number of carbonyl (C=O) groups is 1. The summed E-state index contributed by atoms with van der Waals surface area (Å²) in [7, 11) is 0. The van der Waals surface area contributed by atoms with E-state index in [9.17, 15) is 4.79 Å². The topological polar surface area (TPSA) is 70.6 Å². The standard InChI is InChI=1S/C25H31N5O2S/c1-17-13-24(33-16-17)32-15-23(31)27-19-5-6-22-21(14-19)18(2)26-25(28-22)30-11-7-20(8-12-30)29-9-3-4-10-29/h5-6,13-14,16,20H,3-4,7-12,15H2,1-2H3,(H,27,31). The fourth-order valence-electron chi connectivity index (χ4n) is 4.84. The van der Waals surface area contributed by atoms with Gasteiger partial charge in [-0.1, -0.05) is 0 Å². The van der Waals surface area contributed by atoms with Gasteiger partial charge in [-0.15, -0.1) is 11.3 Å². The minimum absolute atomic E-state index is 0.0141. The number of hydrogen-bond acceptors (Lipinski definition) is 7. The number of amides is 1. The average Bonchev–Trinajstić information content (AvgIpc) is 3.50. The third kappa shape index (κ3) is 5.12. The van der Waals surface area contributed by atoms with Crippen LogP contribution in [0.15, 0.2) is 29.6 Å². The molecule has 2 saturated heterocycles. The van der Waals surface area contributed by atoms with E-state index in [2.05, 4.69) is 15.1 Å². The number of likely N-dealkylation sites (tertiary alicyclic amines) is 1. The maximum atomic E-state index is 12.3. The highest BCUT2D eigenvalue weighted by Gasteiger charge is 2.27. The Hall–Kier alpha value is -2.71. The summed E-state index contributed by atoms with van der Waals surface area (Å²) in [6.07, 6.45) is 5.05. The summed E-state index contributed by atoms with van der Waals surface area (Å²) in [6, 6.07) is 8.45. The maximum absolute atomic E-state index is 12.3. The monoisotopic (exact) mass is 465 g/mol. The molecule has 2 fully saturated rings. The molecular formula is C25H31N5O2S. The number of aryl methyl sites for hydroxylation is 2. The van der Waals surface area contributed by atoms with Gasteiger partial charge in [0, 0.05) is 30.2 Å². The van der Waals surface area contributed by atoms with E-state index in [1.54, 1.807) is 0 Å². The number of carbonyl (C=O) groups excluding carboxylic acids is 1. The van der Waals surface area contributed by atoms with E-state index in [1.165, 1.54) is 50.1 Å². The number of nitrogens with one attached hydrogen (secondary N) is 1. The Morgan fingerprint density at radius 1 is 1.12 bits per heavy atom. The minimum atomic E-state index is -0.184. The first-order valence-electron chi connectivity index (χ1n) is 11.8. The first kappa shape index (κ1) is 22.1. The number of aromatic nitrogens is 2. The Labute approximate surface area is 198 Å². The van der Waals surface area contributed by atoms with E-state index in [-0.39, 0.29) is 12.5 Å². The number of piperidine rings is 1. The molecule has 4 heterocycles. The largest absolute Gasteiger partial charge is 0.474 e. The molecule has 0 unspecified atom stereocenters. The van der Waals surface area contributed by atoms with Crippen LogP contribution in [-0.2, 0) is 4.79 Å². The molecular weight excluding hydrogens is 434 g/mol. The predicted octanol–water partition coefficient (Wildman–Crippen LogP) is 4.39. The van der Waals surface area contributed by atoms with Crippen LogP contribution in [0.2, 0.25) is 0 Å². The number of hydrogen-bond donors (Lipinski definition) is 1. The van der Waals surface area contributed by atoms with Gasteiger partial charge in [-0.05, 0) is 87.8 Å². The van der Waals surface area contributed by atoms with Crippen molar-refractivity contribution in [2.24, 2.45) is 0 Å². The zero-order chi connectivity index (χ0) is 22.8. The van der Waals surface area contributed by atoms with Crippen molar-refractivity contribution in [1.29, 1.82) is 0 Å². The van der Waals surface area contributed by atoms with E-state index >= 15 is 0 Å². The number of fused-ring (bicyclic) bond motifs is 1. The molecule has 2 aliphatic heterocycles. The van der Waals surface area contributed by atoms with Gasteiger partial charge in [0.2, 0.25) is 5.95 Å². The molecule has 1 N–H and O–H groups in total. The van der Waals surface area contributed by atoms with Crippen LogP contribution in [0.5, 0.6) is 5.06 Å². The summed E-state index contributed by atoms with van der Waals surface area (Å²) >= 11 is 1.50. The summed E-state index contributed by atoms with van der Waals surface area (Å²) in [6.45, 7) is 8.53. The van der Waals surface area contributed by atoms with Crippen molar-refractivity contribution in [2.75, 3.05) is 43.0 Å². The predicted molar refractivity (Wildman–Crippen MR) is 133 cm³/mol. The van der Waals surface area contributed by atoms with Crippen LogP contribution in [0.4, 0.5) is 11.6 Å². The third-order valence-electron chi connectivity index (χ3n) is 6.61. The lowest BCUT2D eigenvalue weighted by molar-refractivity contribution is -0.118. The van der Waals surface area contributed by atoms with E-state index in [1.807, 2.05) is 43.5 Å². The van der Waals surface area contributed by atoms with Gasteiger partial charge < -0.3 is 19.9 Å². The molecule has 2 aliphatic rings. The lowest BCUT2D eigenvalue weighted by Crippen LogP contribution is -2.44. The molecule has 2 aromatic heterocycles. The van der Waals surface area contributed by atoms with E-state index in [4.69, 9.17) is 14.7 Å². The summed E-state index contributed by atoms with van der Waals surface area (Å²) in [5.74, 6) is 0.632. The van der Waals surface area contributed by atoms with E-state index < -0.39 is 0 Å². The molecule has 0 bridgehead atoms. The van der Waals surface area contributed by atoms with Gasteiger partial charge in [0.05, 0.1) is 11.2 Å². The zero-order valence-corrected chi connectivity index (χ0v) is 20.2. The van der Waals surface area contributed by atoms with E-state index in [0.29, 0.717) is 6.04 Å². The van der Waals surface area contributed by atoms with Crippen LogP contribution in [-0.4, -0.2) is 59.6 Å². The van der Waals surface area contributed by atoms with Gasteiger partial charge in [-0.3, -0.25) is 4.79 Å². The molecule has 1 amide bonds. The Morgan fingerprint density at radius 3 is 2.64 bits per heavy atom. The van der Waals surface area contributed by atoms with Gasteiger partial charge in [0.15, 0.2) is 11.7 Å². The van der Waals surface area contributed by atoms with E-state index in [0.717, 1.165) is 51.9 Å². The Bertz CT molecular complexity index is 1130. The van der Waals surface area contributed by atoms with Crippen LogP contribution in [0.25, 0.3) is 10.9 Å². The fourth-order valence-corrected chi connectivity index (χ4v) is 5.59. The van der Waals surface area contributed by atoms with Crippen LogP contribution in [0.3, 0.4) is 0 Å². The Morgan fingerprint density at radius 2 is 1.91 bits per heavy atom. The molecule has 3 aromatic rings. The van der Waals surface area contributed by atoms with Gasteiger partial charge >= 0.3 is 0 Å². The lowest BCUT2D eigenvalue weighted by Gasteiger charge is -2.36. The summed E-state index contributed by atoms with van der Waals surface area (Å²) in [5.41, 5.74) is 3.70. The second-order valence-corrected chi connectivity index (χ2v) is 9.96. The second kappa shape index (κ2) is 9.65. The highest BCUT2D eigenvalue weighted by molar-refractivity contribution is 7.12. The molecule has 0 atom stereocenters. The van der Waals surface area contributed by atoms with Gasteiger partial charge in [-0.2, -0.15) is 0 Å². The highest BCUT2D eigenvalue weighted by atomic mass is 32.1. The molecule has 1 aromatic carbocycles. The van der Waals surface area contributed by atoms with Crippen LogP contribution < -0.4 is 15.0 Å². The Balaban J connectivity index is 1.22. The van der Waals surface area contributed by atoms with Crippen LogP contribution in [0.1, 0.15) is 36.9 Å². The van der Waals surface area contributed by atoms with Crippen molar-refractivity contribution in [1.82, 2.24) is 14.9 Å². The highest BCUT2D eigenvalue weighted by Crippen LogP contribution is 2.27. The molecule has 174 valence electrons. The molecule has 5 rings (SSSR count). The third-order valence-corrected chi connectivity index (χ3v) is 7.57. The molecule has 0 spiro atoms. The van der Waals surface area contributed by atoms with Crippen molar-refractivity contribution in [3.8, 4) is 5.06 Å². The smallest absolute Gasteiger partial charge is 0.262 e. The fraction of sp³-hybridized carbons (Fsp3) is 0.480. The number of benzene rings is 1. The zero-order valence-electron chi connectivity index (χ0n) is 19.3. The number of anilines is 2. The number of ether oxygens (including phenoxy) is 1. The quantitative estimate of drug-likeness (QED) is 0.582. The van der Waals surface area contributed by atoms with Gasteiger partial charge in [0.25, 0.3) is 5.91 Å². The number of rotatable bonds is 6. The molecule has 7 nitrogen and oxygen atoms in total. The normalized spacial score (nSPS) is 17.6. The number of nitrogens with zero attached hydrogens (tertiary/aromatic N) is 4. The average molecular weight is 466 g/mol. The van der Waals surface area contributed by atoms with Crippen molar-refractivity contribution in [3.63, 3.8) is 0 Å². The summed E-state index contributed by atoms with van der Waals surface area (Å²) in [4.78, 5) is 27.0. The minimum Gasteiger partial charge on any atom is -0.474 e. The molecule has 0 saturated carbocycles. The van der Waals surface area contributed by atoms with Crippen molar-refractivity contribution in [2.45, 2.75) is 45.6 Å². The Kier molecular flexibility index (Phi) is 6.46. The van der Waals surface area contributed by atoms with Gasteiger partial charge in [0.1, 0.15) is 0 Å². The van der Waals surface area contributed by atoms with Crippen LogP contribution >= 0.6 is 11.3 Å². The van der Waals surface area contributed by atoms with Gasteiger partial charge in [-0.25, -0.2) is 9.97 Å². The molecule has 33 heavy (non-hydrogen) atoms. The van der Waals surface area contributed by atoms with Crippen molar-refractivity contribution >= 4 is 39.8 Å². The maximum Gasteiger partial charge on any atom is 0.262 e. The van der Waals surface area contributed by atoms with Crippen LogP contribution in [0, 0.1) is 13.8 Å². The first-order valence-corrected chi connectivity index (χ1v) is 12.7. The SMILES string of the molecule is Cc1csc(OCC(=O)Nc2ccc3nc(N4CCC(N5CCCC5)CC4)nc(C)c3c2)c1. The molecule has 0 aliphatic carbocycles. The number of thiophene rings is 1. The summed E-state index contributed by atoms with van der Waals surface area (Å²) < 4.78 is 5.57. The van der Waals surface area contributed by atoms with Crippen molar-refractivity contribution < 1.29 is 9.53 Å². The lowest BCUT2D eigenvalue weighted by atomic mass is 10.0. The molecule has 8 heteroatoms.